The molecular formula is C30H56NO6+. The zero-order valence-corrected chi connectivity index (χ0v) is 24.1. The van der Waals surface area contributed by atoms with Crippen LogP contribution >= 0.6 is 0 Å². The molecule has 0 saturated heterocycles. The van der Waals surface area contributed by atoms with Crippen LogP contribution in [0.15, 0.2) is 12.2 Å². The van der Waals surface area contributed by atoms with Gasteiger partial charge in [-0.05, 0) is 51.9 Å². The summed E-state index contributed by atoms with van der Waals surface area (Å²) >= 11 is 0. The second-order valence-electron chi connectivity index (χ2n) is 10.5. The molecule has 7 heteroatoms. The van der Waals surface area contributed by atoms with Gasteiger partial charge in [0, 0.05) is 19.3 Å². The Hall–Kier alpha value is -1.89. The molecular weight excluding hydrogens is 470 g/mol. The number of hydrogen-bond acceptors (Lipinski definition) is 3. The fourth-order valence-corrected chi connectivity index (χ4v) is 5.88. The summed E-state index contributed by atoms with van der Waals surface area (Å²) in [6.45, 7) is 7.95. The molecule has 0 fully saturated rings. The fourth-order valence-electron chi connectivity index (χ4n) is 5.88. The van der Waals surface area contributed by atoms with E-state index in [1.54, 1.807) is 0 Å². The first kappa shape index (κ1) is 35.1. The molecule has 0 aromatic heterocycles. The first-order chi connectivity index (χ1) is 17.7. The lowest BCUT2D eigenvalue weighted by Gasteiger charge is -2.50. The predicted octanol–water partition coefficient (Wildman–Crippen LogP) is 7.43. The molecule has 0 aromatic carbocycles. The average Bonchev–Trinajstić information content (AvgIpc) is 2.85. The van der Waals surface area contributed by atoms with Crippen molar-refractivity contribution in [3.63, 3.8) is 0 Å². The summed E-state index contributed by atoms with van der Waals surface area (Å²) in [7, 11) is 0. The number of aliphatic carboxylic acids is 3. The number of hydrogen-bond donors (Lipinski definition) is 3. The largest absolute Gasteiger partial charge is 0.477 e. The van der Waals surface area contributed by atoms with E-state index in [9.17, 15) is 29.7 Å². The van der Waals surface area contributed by atoms with Crippen molar-refractivity contribution in [1.29, 1.82) is 0 Å². The van der Waals surface area contributed by atoms with Crippen LogP contribution in [-0.2, 0) is 14.4 Å². The van der Waals surface area contributed by atoms with Crippen molar-refractivity contribution in [3.05, 3.63) is 12.2 Å². The molecule has 0 amide bonds. The molecule has 7 nitrogen and oxygen atoms in total. The van der Waals surface area contributed by atoms with Crippen LogP contribution in [-0.4, -0.2) is 62.4 Å². The van der Waals surface area contributed by atoms with Gasteiger partial charge >= 0.3 is 17.9 Å². The van der Waals surface area contributed by atoms with Gasteiger partial charge in [0.2, 0.25) is 0 Å². The molecule has 0 aliphatic carbocycles. The number of rotatable bonds is 25. The molecule has 37 heavy (non-hydrogen) atoms. The van der Waals surface area contributed by atoms with Crippen molar-refractivity contribution < 1.29 is 34.2 Å². The van der Waals surface area contributed by atoms with Gasteiger partial charge in [0.05, 0.1) is 6.54 Å². The standard InChI is InChI=1S/C30H55NO6/c1-5-9-10-11-12-13-14-15-16-17-18-19-20-24-31(25(21-6-2)28(32)33,26(22-7-3)29(34)35)27(23-8-4)30(36)37/h5,9,25-27H,6-8,10-24H2,1-4H3,(H2-,32,33,34,35,36,37)/p+1/b9-5+. The third kappa shape index (κ3) is 12.5. The number of carbonyl (C=O) groups is 3. The number of carboxylic acids is 3. The van der Waals surface area contributed by atoms with Gasteiger partial charge in [-0.25, -0.2) is 14.4 Å². The summed E-state index contributed by atoms with van der Waals surface area (Å²) in [4.78, 5) is 37.6. The van der Waals surface area contributed by atoms with Gasteiger partial charge in [0.25, 0.3) is 0 Å². The lowest BCUT2D eigenvalue weighted by Crippen LogP contribution is -2.72. The monoisotopic (exact) mass is 526 g/mol. The van der Waals surface area contributed by atoms with Crippen molar-refractivity contribution in [2.45, 2.75) is 155 Å². The first-order valence-corrected chi connectivity index (χ1v) is 14.9. The zero-order chi connectivity index (χ0) is 28.1. The second kappa shape index (κ2) is 21.1. The third-order valence-electron chi connectivity index (χ3n) is 7.68. The number of unbranched alkanes of at least 4 members (excludes halogenated alkanes) is 10. The van der Waals surface area contributed by atoms with Crippen LogP contribution in [0.5, 0.6) is 0 Å². The van der Waals surface area contributed by atoms with Gasteiger partial charge in [0.15, 0.2) is 18.1 Å². The van der Waals surface area contributed by atoms with Crippen molar-refractivity contribution in [2.24, 2.45) is 0 Å². The summed E-state index contributed by atoms with van der Waals surface area (Å²) in [5.41, 5.74) is 0. The SMILES string of the molecule is C/C=C/CCCCCCCCCCCC[N+](C(CCC)C(=O)O)(C(CCC)C(=O)O)C(CCC)C(=O)O. The van der Waals surface area contributed by atoms with E-state index in [-0.39, 0.29) is 30.3 Å². The maximum Gasteiger partial charge on any atom is 0.362 e. The molecule has 0 rings (SSSR count). The minimum absolute atomic E-state index is 0.269. The normalized spacial score (nSPS) is 15.8. The minimum atomic E-state index is -1.09. The van der Waals surface area contributed by atoms with Crippen LogP contribution in [0.4, 0.5) is 0 Å². The molecule has 3 unspecified atom stereocenters. The van der Waals surface area contributed by atoms with Crippen molar-refractivity contribution in [1.82, 2.24) is 0 Å². The molecule has 0 aliphatic rings. The summed E-state index contributed by atoms with van der Waals surface area (Å²) in [5.74, 6) is -3.26. The Morgan fingerprint density at radius 1 is 0.595 bits per heavy atom. The highest BCUT2D eigenvalue weighted by atomic mass is 16.4. The highest BCUT2D eigenvalue weighted by molar-refractivity contribution is 5.78. The molecule has 216 valence electrons. The number of allylic oxidation sites excluding steroid dienone is 2. The van der Waals surface area contributed by atoms with Gasteiger partial charge in [-0.1, -0.05) is 77.9 Å². The van der Waals surface area contributed by atoms with E-state index in [0.29, 0.717) is 25.7 Å². The molecule has 0 saturated carbocycles. The lowest BCUT2D eigenvalue weighted by atomic mass is 9.91. The summed E-state index contributed by atoms with van der Waals surface area (Å²) < 4.78 is -0.372. The third-order valence-corrected chi connectivity index (χ3v) is 7.68. The molecule has 3 atom stereocenters. The molecule has 0 heterocycles. The van der Waals surface area contributed by atoms with Gasteiger partial charge in [-0.2, -0.15) is 0 Å². The van der Waals surface area contributed by atoms with E-state index < -0.39 is 36.0 Å². The predicted molar refractivity (Wildman–Crippen MR) is 150 cm³/mol. The average molecular weight is 527 g/mol. The molecule has 0 aromatic rings. The molecule has 0 spiro atoms. The molecule has 0 bridgehead atoms. The van der Waals surface area contributed by atoms with Gasteiger partial charge in [-0.3, -0.25) is 4.48 Å². The minimum Gasteiger partial charge on any atom is -0.477 e. The van der Waals surface area contributed by atoms with Crippen LogP contribution < -0.4 is 0 Å². The Morgan fingerprint density at radius 3 is 1.22 bits per heavy atom. The van der Waals surface area contributed by atoms with Gasteiger partial charge in [0.1, 0.15) is 0 Å². The van der Waals surface area contributed by atoms with Crippen molar-refractivity contribution in [3.8, 4) is 0 Å². The van der Waals surface area contributed by atoms with Gasteiger partial charge < -0.3 is 15.3 Å². The van der Waals surface area contributed by atoms with E-state index in [0.717, 1.165) is 19.3 Å². The van der Waals surface area contributed by atoms with E-state index in [1.165, 1.54) is 44.9 Å². The van der Waals surface area contributed by atoms with Crippen LogP contribution in [0.25, 0.3) is 0 Å². The van der Waals surface area contributed by atoms with Crippen molar-refractivity contribution >= 4 is 17.9 Å². The Kier molecular flexibility index (Phi) is 20.0. The van der Waals surface area contributed by atoms with Gasteiger partial charge in [-0.15, -0.1) is 0 Å². The quantitative estimate of drug-likeness (QED) is 0.0648. The number of nitrogens with zero attached hydrogens (tertiary/aromatic N) is 1. The Balaban J connectivity index is 5.42. The van der Waals surface area contributed by atoms with E-state index in [1.807, 2.05) is 20.8 Å². The van der Waals surface area contributed by atoms with Crippen LogP contribution in [0.3, 0.4) is 0 Å². The second-order valence-corrected chi connectivity index (χ2v) is 10.5. The summed E-state index contributed by atoms with van der Waals surface area (Å²) in [5, 5.41) is 30.7. The Labute approximate surface area is 225 Å². The van der Waals surface area contributed by atoms with Crippen LogP contribution in [0.1, 0.15) is 137 Å². The fraction of sp³-hybridized carbons (Fsp3) is 0.833. The summed E-state index contributed by atoms with van der Waals surface area (Å²) in [6.07, 6.45) is 19.0. The maximum atomic E-state index is 12.5. The molecule has 3 N–H and O–H groups in total. The first-order valence-electron chi connectivity index (χ1n) is 14.9. The van der Waals surface area contributed by atoms with Crippen LogP contribution in [0.2, 0.25) is 0 Å². The number of carboxylic acid groups (broad SMARTS) is 3. The van der Waals surface area contributed by atoms with E-state index in [4.69, 9.17) is 0 Å². The summed E-state index contributed by atoms with van der Waals surface area (Å²) in [6, 6.07) is -3.13. The Bertz CT molecular complexity index is 603. The van der Waals surface area contributed by atoms with E-state index >= 15 is 0 Å². The maximum absolute atomic E-state index is 12.5. The highest BCUT2D eigenvalue weighted by Crippen LogP contribution is 2.34. The number of quaternary nitrogens is 1. The van der Waals surface area contributed by atoms with Crippen molar-refractivity contribution in [2.75, 3.05) is 6.54 Å². The Morgan fingerprint density at radius 2 is 0.919 bits per heavy atom. The van der Waals surface area contributed by atoms with Crippen LogP contribution in [0, 0.1) is 0 Å². The molecule has 0 radical (unpaired) electrons. The highest BCUT2D eigenvalue weighted by Gasteiger charge is 2.56. The molecule has 0 aliphatic heterocycles. The smallest absolute Gasteiger partial charge is 0.362 e. The lowest BCUT2D eigenvalue weighted by molar-refractivity contribution is -0.973. The van der Waals surface area contributed by atoms with E-state index in [2.05, 4.69) is 19.1 Å². The zero-order valence-electron chi connectivity index (χ0n) is 24.1. The topological polar surface area (TPSA) is 112 Å².